The van der Waals surface area contributed by atoms with E-state index >= 15 is 0 Å². The fraction of sp³-hybridized carbons (Fsp3) is 0.389. The van der Waals surface area contributed by atoms with Gasteiger partial charge in [0.05, 0.1) is 6.10 Å². The Morgan fingerprint density at radius 2 is 1.92 bits per heavy atom. The second-order valence-corrected chi connectivity index (χ2v) is 5.54. The summed E-state index contributed by atoms with van der Waals surface area (Å²) < 4.78 is 7.16. The first kappa shape index (κ1) is 18.7. The van der Waals surface area contributed by atoms with Gasteiger partial charge in [0.2, 0.25) is 0 Å². The van der Waals surface area contributed by atoms with Crippen molar-refractivity contribution < 1.29 is 14.3 Å². The van der Waals surface area contributed by atoms with E-state index < -0.39 is 0 Å². The van der Waals surface area contributed by atoms with Crippen LogP contribution in [-0.4, -0.2) is 47.4 Å². The predicted molar refractivity (Wildman–Crippen MR) is 94.3 cm³/mol. The number of hydrogen-bond acceptors (Lipinski definition) is 4. The van der Waals surface area contributed by atoms with Crippen molar-refractivity contribution in [2.75, 3.05) is 19.7 Å². The minimum absolute atomic E-state index is 0.116. The lowest BCUT2D eigenvalue weighted by atomic mass is 10.2. The smallest absolute Gasteiger partial charge is 0.269 e. The van der Waals surface area contributed by atoms with Gasteiger partial charge >= 0.3 is 0 Å². The number of amides is 2. The van der Waals surface area contributed by atoms with E-state index in [1.807, 2.05) is 25.1 Å². The number of nitrogens with one attached hydrogen (secondary N) is 2. The topological polar surface area (TPSA) is 85.2 Å². The van der Waals surface area contributed by atoms with Crippen LogP contribution in [0.25, 0.3) is 0 Å². The maximum atomic E-state index is 12.1. The molecule has 2 N–H and O–H groups in total. The lowest BCUT2D eigenvalue weighted by Crippen LogP contribution is -2.37. The van der Waals surface area contributed by atoms with Crippen LogP contribution in [0.2, 0.25) is 0 Å². The minimum atomic E-state index is -0.196. The summed E-state index contributed by atoms with van der Waals surface area (Å²) in [4.78, 5) is 24.1. The van der Waals surface area contributed by atoms with E-state index in [0.29, 0.717) is 37.4 Å². The summed E-state index contributed by atoms with van der Waals surface area (Å²) in [6.07, 6.45) is 2.02. The van der Waals surface area contributed by atoms with Crippen molar-refractivity contribution in [3.05, 3.63) is 53.9 Å². The largest absolute Gasteiger partial charge is 0.377 e. The zero-order chi connectivity index (χ0) is 18.1. The third-order valence-corrected chi connectivity index (χ3v) is 3.73. The van der Waals surface area contributed by atoms with E-state index in [4.69, 9.17) is 4.74 Å². The molecule has 7 heteroatoms. The monoisotopic (exact) mass is 344 g/mol. The molecule has 0 spiro atoms. The molecule has 1 atom stereocenters. The van der Waals surface area contributed by atoms with E-state index in [0.717, 1.165) is 0 Å². The van der Waals surface area contributed by atoms with Crippen molar-refractivity contribution in [1.29, 1.82) is 0 Å². The van der Waals surface area contributed by atoms with Gasteiger partial charge in [-0.2, -0.15) is 5.10 Å². The van der Waals surface area contributed by atoms with Gasteiger partial charge < -0.3 is 15.4 Å². The number of nitrogens with zero attached hydrogens (tertiary/aromatic N) is 2. The van der Waals surface area contributed by atoms with Crippen LogP contribution in [0.15, 0.2) is 42.6 Å². The Morgan fingerprint density at radius 1 is 1.16 bits per heavy atom. The van der Waals surface area contributed by atoms with Gasteiger partial charge in [-0.1, -0.05) is 18.2 Å². The number of hydrogen-bond donors (Lipinski definition) is 2. The minimum Gasteiger partial charge on any atom is -0.377 e. The van der Waals surface area contributed by atoms with Crippen molar-refractivity contribution in [2.45, 2.75) is 19.4 Å². The van der Waals surface area contributed by atoms with Gasteiger partial charge in [0, 0.05) is 38.5 Å². The van der Waals surface area contributed by atoms with Crippen molar-refractivity contribution in [2.24, 2.45) is 7.05 Å². The summed E-state index contributed by atoms with van der Waals surface area (Å²) in [5.74, 6) is -0.312. The Bertz CT molecular complexity index is 685. The van der Waals surface area contributed by atoms with Gasteiger partial charge in [0.25, 0.3) is 11.8 Å². The Kier molecular flexibility index (Phi) is 7.16. The molecule has 1 heterocycles. The highest BCUT2D eigenvalue weighted by atomic mass is 16.5. The molecule has 1 aromatic heterocycles. The molecule has 2 rings (SSSR count). The second-order valence-electron chi connectivity index (χ2n) is 5.54. The molecule has 0 bridgehead atoms. The molecule has 0 aliphatic carbocycles. The molecule has 2 aromatic rings. The first-order valence-corrected chi connectivity index (χ1v) is 8.33. The van der Waals surface area contributed by atoms with Crippen LogP contribution < -0.4 is 10.6 Å². The highest BCUT2D eigenvalue weighted by molar-refractivity contribution is 5.94. The zero-order valence-electron chi connectivity index (χ0n) is 14.6. The van der Waals surface area contributed by atoms with E-state index in [9.17, 15) is 9.59 Å². The molecule has 0 aliphatic heterocycles. The lowest BCUT2D eigenvalue weighted by Gasteiger charge is -2.18. The number of rotatable bonds is 9. The van der Waals surface area contributed by atoms with Crippen molar-refractivity contribution >= 4 is 11.8 Å². The molecule has 1 aromatic carbocycles. The summed E-state index contributed by atoms with van der Waals surface area (Å²) >= 11 is 0. The molecule has 0 aliphatic rings. The van der Waals surface area contributed by atoms with Crippen LogP contribution in [0, 0.1) is 0 Å². The Labute approximate surface area is 147 Å². The third kappa shape index (κ3) is 5.72. The summed E-state index contributed by atoms with van der Waals surface area (Å²) in [7, 11) is 1.72. The Balaban J connectivity index is 1.77. The maximum absolute atomic E-state index is 12.1. The normalized spacial score (nSPS) is 11.8. The molecule has 7 nitrogen and oxygen atoms in total. The second kappa shape index (κ2) is 9.58. The summed E-state index contributed by atoms with van der Waals surface area (Å²) in [5.41, 5.74) is 1.12. The SMILES string of the molecule is CCOC(CCNC(=O)c1ccccc1)CNC(=O)c1ccnn1C. The number of aryl methyl sites for hydroxylation is 1. The van der Waals surface area contributed by atoms with Crippen molar-refractivity contribution in [3.8, 4) is 0 Å². The van der Waals surface area contributed by atoms with E-state index in [1.165, 1.54) is 4.68 Å². The number of aromatic nitrogens is 2. The van der Waals surface area contributed by atoms with E-state index in [-0.39, 0.29) is 17.9 Å². The fourth-order valence-corrected chi connectivity index (χ4v) is 2.41. The molecule has 134 valence electrons. The van der Waals surface area contributed by atoms with Crippen LogP contribution in [0.1, 0.15) is 34.2 Å². The first-order chi connectivity index (χ1) is 12.1. The summed E-state index contributed by atoms with van der Waals surface area (Å²) in [6.45, 7) is 3.29. The average molecular weight is 344 g/mol. The molecule has 1 unspecified atom stereocenters. The number of ether oxygens (including phenoxy) is 1. The van der Waals surface area contributed by atoms with Gasteiger partial charge in [0.1, 0.15) is 5.69 Å². The maximum Gasteiger partial charge on any atom is 0.269 e. The zero-order valence-corrected chi connectivity index (χ0v) is 14.6. The number of benzene rings is 1. The molecular weight excluding hydrogens is 320 g/mol. The Morgan fingerprint density at radius 3 is 2.56 bits per heavy atom. The number of carbonyl (C=O) groups excluding carboxylic acids is 2. The molecule has 0 radical (unpaired) electrons. The number of carbonyl (C=O) groups is 2. The highest BCUT2D eigenvalue weighted by Gasteiger charge is 2.14. The highest BCUT2D eigenvalue weighted by Crippen LogP contribution is 2.01. The molecule has 0 saturated carbocycles. The Hall–Kier alpha value is -2.67. The van der Waals surface area contributed by atoms with Crippen LogP contribution in [0.4, 0.5) is 0 Å². The van der Waals surface area contributed by atoms with Gasteiger partial charge in [-0.05, 0) is 31.5 Å². The molecule has 25 heavy (non-hydrogen) atoms. The third-order valence-electron chi connectivity index (χ3n) is 3.73. The van der Waals surface area contributed by atoms with Gasteiger partial charge in [-0.15, -0.1) is 0 Å². The van der Waals surface area contributed by atoms with E-state index in [2.05, 4.69) is 15.7 Å². The van der Waals surface area contributed by atoms with Gasteiger partial charge in [-0.25, -0.2) is 0 Å². The summed E-state index contributed by atoms with van der Waals surface area (Å²) in [5, 5.41) is 9.69. The van der Waals surface area contributed by atoms with Gasteiger partial charge in [0.15, 0.2) is 0 Å². The standard InChI is InChI=1S/C18H24N4O3/c1-3-25-15(13-20-18(24)16-10-12-21-22(16)2)9-11-19-17(23)14-7-5-4-6-8-14/h4-8,10,12,15H,3,9,11,13H2,1-2H3,(H,19,23)(H,20,24). The van der Waals surface area contributed by atoms with Crippen LogP contribution in [-0.2, 0) is 11.8 Å². The van der Waals surface area contributed by atoms with E-state index in [1.54, 1.807) is 31.4 Å². The average Bonchev–Trinajstić information content (AvgIpc) is 3.06. The van der Waals surface area contributed by atoms with Crippen molar-refractivity contribution in [1.82, 2.24) is 20.4 Å². The van der Waals surface area contributed by atoms with Crippen LogP contribution >= 0.6 is 0 Å². The molecular formula is C18H24N4O3. The van der Waals surface area contributed by atoms with Gasteiger partial charge in [-0.3, -0.25) is 14.3 Å². The molecule has 2 amide bonds. The first-order valence-electron chi connectivity index (χ1n) is 8.33. The van der Waals surface area contributed by atoms with Crippen LogP contribution in [0.5, 0.6) is 0 Å². The summed E-state index contributed by atoms with van der Waals surface area (Å²) in [6, 6.07) is 10.7. The molecule has 0 saturated heterocycles. The molecule has 0 fully saturated rings. The predicted octanol–water partition coefficient (Wildman–Crippen LogP) is 1.38. The fourth-order valence-electron chi connectivity index (χ4n) is 2.41. The quantitative estimate of drug-likeness (QED) is 0.720. The van der Waals surface area contributed by atoms with Crippen molar-refractivity contribution in [3.63, 3.8) is 0 Å². The van der Waals surface area contributed by atoms with Crippen LogP contribution in [0.3, 0.4) is 0 Å². The lowest BCUT2D eigenvalue weighted by molar-refractivity contribution is 0.0532.